The molecule has 1 saturated heterocycles. The van der Waals surface area contributed by atoms with E-state index in [0.29, 0.717) is 18.5 Å². The van der Waals surface area contributed by atoms with Gasteiger partial charge in [-0.05, 0) is 37.1 Å². The van der Waals surface area contributed by atoms with E-state index in [1.807, 2.05) is 56.3 Å². The van der Waals surface area contributed by atoms with Crippen LogP contribution in [0.5, 0.6) is 0 Å². The molecule has 7 nitrogen and oxygen atoms in total. The Kier molecular flexibility index (Phi) is 6.23. The van der Waals surface area contributed by atoms with Gasteiger partial charge in [-0.2, -0.15) is 0 Å². The van der Waals surface area contributed by atoms with Gasteiger partial charge in [-0.15, -0.1) is 11.3 Å². The third-order valence-corrected chi connectivity index (χ3v) is 6.70. The second-order valence-electron chi connectivity index (χ2n) is 7.98. The Morgan fingerprint density at radius 1 is 1.06 bits per heavy atom. The average molecular weight is 451 g/mol. The van der Waals surface area contributed by atoms with E-state index in [9.17, 15) is 14.4 Å². The van der Waals surface area contributed by atoms with Crippen LogP contribution in [0.15, 0.2) is 48.5 Å². The van der Waals surface area contributed by atoms with Crippen molar-refractivity contribution in [1.29, 1.82) is 0 Å². The number of para-hydroxylation sites is 2. The van der Waals surface area contributed by atoms with E-state index >= 15 is 0 Å². The molecule has 4 amide bonds. The smallest absolute Gasteiger partial charge is 0.324 e. The number of amides is 4. The maximum absolute atomic E-state index is 13.0. The van der Waals surface area contributed by atoms with E-state index in [2.05, 4.69) is 15.6 Å². The number of thiazole rings is 1. The summed E-state index contributed by atoms with van der Waals surface area (Å²) in [6.07, 6.45) is 2.65. The number of imide groups is 1. The number of rotatable bonds is 8. The quantitative estimate of drug-likeness (QED) is 0.483. The maximum Gasteiger partial charge on any atom is 0.325 e. The molecule has 0 bridgehead atoms. The van der Waals surface area contributed by atoms with Crippen LogP contribution in [0.4, 0.5) is 10.5 Å². The Labute approximate surface area is 190 Å². The number of hydrogen-bond acceptors (Lipinski definition) is 5. The highest BCUT2D eigenvalue weighted by Gasteiger charge is 2.50. The summed E-state index contributed by atoms with van der Waals surface area (Å²) in [6, 6.07) is 14.8. The van der Waals surface area contributed by atoms with Gasteiger partial charge < -0.3 is 10.6 Å². The minimum atomic E-state index is -0.903. The molecule has 166 valence electrons. The maximum atomic E-state index is 13.0. The van der Waals surface area contributed by atoms with E-state index in [1.165, 1.54) is 0 Å². The standard InChI is InChI=1S/C24H26N4O3S/c1-3-13-24(14-4-2)22(30)28(23(31)27-24)15-20(29)25-17-10-6-5-9-16(17)21-26-18-11-7-8-12-19(18)32-21/h5-12H,3-4,13-15H2,1-2H3,(H,25,29)(H,27,31). The third kappa shape index (κ3) is 4.10. The molecular formula is C24H26N4O3S. The zero-order valence-corrected chi connectivity index (χ0v) is 19.0. The van der Waals surface area contributed by atoms with E-state index in [1.54, 1.807) is 17.4 Å². The van der Waals surface area contributed by atoms with Crippen LogP contribution in [0.2, 0.25) is 0 Å². The third-order valence-electron chi connectivity index (χ3n) is 5.63. The molecule has 0 unspecified atom stereocenters. The lowest BCUT2D eigenvalue weighted by Gasteiger charge is -2.25. The Balaban J connectivity index is 1.53. The van der Waals surface area contributed by atoms with Crippen molar-refractivity contribution in [2.24, 2.45) is 0 Å². The predicted octanol–water partition coefficient (Wildman–Crippen LogP) is 4.79. The number of nitrogens with one attached hydrogen (secondary N) is 2. The topological polar surface area (TPSA) is 91.4 Å². The molecular weight excluding hydrogens is 424 g/mol. The molecule has 0 atom stereocenters. The minimum Gasteiger partial charge on any atom is -0.324 e. The van der Waals surface area contributed by atoms with Crippen molar-refractivity contribution in [3.63, 3.8) is 0 Å². The van der Waals surface area contributed by atoms with Crippen LogP contribution in [-0.2, 0) is 9.59 Å². The fraction of sp³-hybridized carbons (Fsp3) is 0.333. The summed E-state index contributed by atoms with van der Waals surface area (Å²) in [6.45, 7) is 3.63. The number of carbonyl (C=O) groups is 3. The molecule has 4 rings (SSSR count). The molecule has 0 saturated carbocycles. The van der Waals surface area contributed by atoms with Crippen LogP contribution in [-0.4, -0.2) is 39.8 Å². The molecule has 1 aliphatic rings. The second kappa shape index (κ2) is 9.08. The first-order valence-corrected chi connectivity index (χ1v) is 11.7. The van der Waals surface area contributed by atoms with Gasteiger partial charge >= 0.3 is 6.03 Å². The van der Waals surface area contributed by atoms with Crippen LogP contribution in [0, 0.1) is 0 Å². The Bertz CT molecular complexity index is 1130. The van der Waals surface area contributed by atoms with Gasteiger partial charge in [-0.1, -0.05) is 51.0 Å². The van der Waals surface area contributed by atoms with E-state index in [-0.39, 0.29) is 12.5 Å². The van der Waals surface area contributed by atoms with Gasteiger partial charge in [-0.25, -0.2) is 9.78 Å². The summed E-state index contributed by atoms with van der Waals surface area (Å²) in [5, 5.41) is 6.50. The average Bonchev–Trinajstić information content (AvgIpc) is 3.30. The molecule has 1 aromatic heterocycles. The van der Waals surface area contributed by atoms with Crippen LogP contribution >= 0.6 is 11.3 Å². The van der Waals surface area contributed by atoms with Crippen molar-refractivity contribution in [2.45, 2.75) is 45.1 Å². The van der Waals surface area contributed by atoms with Gasteiger partial charge in [0.05, 0.1) is 15.9 Å². The lowest BCUT2D eigenvalue weighted by Crippen LogP contribution is -2.47. The second-order valence-corrected chi connectivity index (χ2v) is 9.01. The van der Waals surface area contributed by atoms with Gasteiger partial charge in [0.25, 0.3) is 5.91 Å². The molecule has 2 heterocycles. The highest BCUT2D eigenvalue weighted by molar-refractivity contribution is 7.21. The van der Waals surface area contributed by atoms with Gasteiger partial charge in [0.1, 0.15) is 17.1 Å². The zero-order chi connectivity index (χ0) is 22.7. The first kappa shape index (κ1) is 22.0. The summed E-state index contributed by atoms with van der Waals surface area (Å²) in [4.78, 5) is 44.1. The molecule has 0 radical (unpaired) electrons. The summed E-state index contributed by atoms with van der Waals surface area (Å²) in [5.74, 6) is -0.744. The van der Waals surface area contributed by atoms with Crippen molar-refractivity contribution >= 4 is 45.1 Å². The van der Waals surface area contributed by atoms with Gasteiger partial charge in [0.2, 0.25) is 5.91 Å². The number of nitrogens with zero attached hydrogens (tertiary/aromatic N) is 2. The number of fused-ring (bicyclic) bond motifs is 1. The van der Waals surface area contributed by atoms with E-state index < -0.39 is 17.5 Å². The van der Waals surface area contributed by atoms with Crippen LogP contribution in [0.1, 0.15) is 39.5 Å². The summed E-state index contributed by atoms with van der Waals surface area (Å²) in [7, 11) is 0. The van der Waals surface area contributed by atoms with Crippen LogP contribution in [0.3, 0.4) is 0 Å². The van der Waals surface area contributed by atoms with Gasteiger partial charge in [0.15, 0.2) is 0 Å². The van der Waals surface area contributed by atoms with Gasteiger partial charge in [-0.3, -0.25) is 14.5 Å². The summed E-state index contributed by atoms with van der Waals surface area (Å²) >= 11 is 1.54. The first-order valence-electron chi connectivity index (χ1n) is 10.9. The lowest BCUT2D eigenvalue weighted by atomic mass is 9.88. The Morgan fingerprint density at radius 3 is 2.47 bits per heavy atom. The van der Waals surface area contributed by atoms with Crippen LogP contribution in [0.25, 0.3) is 20.8 Å². The molecule has 0 aliphatic carbocycles. The normalized spacial score (nSPS) is 15.2. The largest absolute Gasteiger partial charge is 0.325 e. The van der Waals surface area contributed by atoms with Crippen molar-refractivity contribution in [3.8, 4) is 10.6 Å². The highest BCUT2D eigenvalue weighted by atomic mass is 32.1. The minimum absolute atomic E-state index is 0.319. The Hall–Kier alpha value is -3.26. The van der Waals surface area contributed by atoms with Crippen molar-refractivity contribution in [3.05, 3.63) is 48.5 Å². The number of anilines is 1. The van der Waals surface area contributed by atoms with E-state index in [0.717, 1.165) is 38.5 Å². The number of benzene rings is 2. The molecule has 8 heteroatoms. The number of urea groups is 1. The van der Waals surface area contributed by atoms with Crippen LogP contribution < -0.4 is 10.6 Å². The Morgan fingerprint density at radius 2 is 1.75 bits per heavy atom. The molecule has 3 aromatic rings. The van der Waals surface area contributed by atoms with Crippen molar-refractivity contribution < 1.29 is 14.4 Å². The molecule has 2 aromatic carbocycles. The van der Waals surface area contributed by atoms with Crippen molar-refractivity contribution in [2.75, 3.05) is 11.9 Å². The zero-order valence-electron chi connectivity index (χ0n) is 18.2. The number of hydrogen-bond donors (Lipinski definition) is 2. The molecule has 1 aliphatic heterocycles. The molecule has 0 spiro atoms. The highest BCUT2D eigenvalue weighted by Crippen LogP contribution is 2.34. The lowest BCUT2D eigenvalue weighted by molar-refractivity contribution is -0.134. The SMILES string of the molecule is CCCC1(CCC)NC(=O)N(CC(=O)Nc2ccccc2-c2nc3ccccc3s2)C1=O. The molecule has 32 heavy (non-hydrogen) atoms. The molecule has 1 fully saturated rings. The van der Waals surface area contributed by atoms with E-state index in [4.69, 9.17) is 0 Å². The number of aromatic nitrogens is 1. The predicted molar refractivity (Wildman–Crippen MR) is 126 cm³/mol. The van der Waals surface area contributed by atoms with Crippen molar-refractivity contribution in [1.82, 2.24) is 15.2 Å². The fourth-order valence-electron chi connectivity index (χ4n) is 4.24. The summed E-state index contributed by atoms with van der Waals surface area (Å²) < 4.78 is 1.06. The fourth-order valence-corrected chi connectivity index (χ4v) is 5.24. The summed E-state index contributed by atoms with van der Waals surface area (Å²) in [5.41, 5.74) is 1.39. The molecule has 2 N–H and O–H groups in total. The van der Waals surface area contributed by atoms with Gasteiger partial charge in [0, 0.05) is 5.56 Å². The number of carbonyl (C=O) groups excluding carboxylic acids is 3. The monoisotopic (exact) mass is 450 g/mol. The first-order chi connectivity index (χ1) is 15.5.